The van der Waals surface area contributed by atoms with Gasteiger partial charge in [0.25, 0.3) is 5.56 Å². The van der Waals surface area contributed by atoms with E-state index in [0.29, 0.717) is 10.5 Å². The summed E-state index contributed by atoms with van der Waals surface area (Å²) in [6.45, 7) is 1.95. The average molecular weight is 440 g/mol. The molecule has 0 N–H and O–H groups in total. The van der Waals surface area contributed by atoms with Gasteiger partial charge < -0.3 is 0 Å². The van der Waals surface area contributed by atoms with Crippen LogP contribution in [0.2, 0.25) is 0 Å². The molecule has 2 aromatic carbocycles. The van der Waals surface area contributed by atoms with Crippen LogP contribution in [0.1, 0.15) is 5.69 Å². The Labute approximate surface area is 189 Å². The Morgan fingerprint density at radius 2 is 1.59 bits per heavy atom. The van der Waals surface area contributed by atoms with E-state index in [1.54, 1.807) is 10.9 Å². The number of pyridine rings is 1. The first-order chi connectivity index (χ1) is 15.6. The van der Waals surface area contributed by atoms with Crippen LogP contribution in [0.3, 0.4) is 0 Å². The predicted octanol–water partition coefficient (Wildman–Crippen LogP) is 4.63. The highest BCUT2D eigenvalue weighted by atomic mass is 32.1. The zero-order valence-corrected chi connectivity index (χ0v) is 18.5. The van der Waals surface area contributed by atoms with E-state index >= 15 is 0 Å². The van der Waals surface area contributed by atoms with Gasteiger partial charge in [-0.05, 0) is 43.3 Å². The lowest BCUT2D eigenvalue weighted by Gasteiger charge is -2.08. The summed E-state index contributed by atoms with van der Waals surface area (Å²) in [5.74, 6) is 0. The van der Waals surface area contributed by atoms with Crippen LogP contribution < -0.4 is 10.4 Å². The lowest BCUT2D eigenvalue weighted by atomic mass is 10.2. The van der Waals surface area contributed by atoms with E-state index in [1.807, 2.05) is 107 Å². The minimum atomic E-state index is -0.110. The number of nitrogens with zero attached hydrogens (tertiary/aromatic N) is 5. The van der Waals surface area contributed by atoms with Gasteiger partial charge in [-0.15, -0.1) is 11.3 Å². The molecule has 0 saturated carbocycles. The summed E-state index contributed by atoms with van der Waals surface area (Å²) in [7, 11) is 1.90. The molecule has 3 heterocycles. The number of para-hydroxylation sites is 2. The summed E-state index contributed by atoms with van der Waals surface area (Å²) in [6.07, 6.45) is 1.76. The maximum atomic E-state index is 13.8. The Balaban J connectivity index is 1.83. The molecule has 158 valence electrons. The van der Waals surface area contributed by atoms with Crippen LogP contribution in [0.5, 0.6) is 0 Å². The minimum absolute atomic E-state index is 0.110. The van der Waals surface area contributed by atoms with Gasteiger partial charge in [-0.3, -0.25) is 19.0 Å². The van der Waals surface area contributed by atoms with Crippen LogP contribution in [0.25, 0.3) is 22.8 Å². The van der Waals surface area contributed by atoms with Crippen molar-refractivity contribution in [1.82, 2.24) is 18.9 Å². The summed E-state index contributed by atoms with van der Waals surface area (Å²) in [5, 5.41) is 2.00. The Bertz CT molecular complexity index is 1490. The largest absolute Gasteiger partial charge is 0.296 e. The maximum absolute atomic E-state index is 13.8. The molecule has 0 aliphatic carbocycles. The number of rotatable bonds is 4. The summed E-state index contributed by atoms with van der Waals surface area (Å²) in [4.78, 5) is 23.9. The van der Waals surface area contributed by atoms with Gasteiger partial charge >= 0.3 is 0 Å². The Kier molecular flexibility index (Phi) is 5.17. The van der Waals surface area contributed by atoms with E-state index in [-0.39, 0.29) is 5.56 Å². The molecular weight excluding hydrogens is 418 g/mol. The van der Waals surface area contributed by atoms with Crippen molar-refractivity contribution in [1.29, 1.82) is 0 Å². The van der Waals surface area contributed by atoms with E-state index in [2.05, 4.69) is 4.98 Å². The lowest BCUT2D eigenvalue weighted by Crippen LogP contribution is -2.25. The molecule has 0 aliphatic rings. The summed E-state index contributed by atoms with van der Waals surface area (Å²) < 4.78 is 5.49. The molecule has 0 unspecified atom stereocenters. The predicted molar refractivity (Wildman–Crippen MR) is 128 cm³/mol. The van der Waals surface area contributed by atoms with E-state index in [1.165, 1.54) is 11.3 Å². The van der Waals surface area contributed by atoms with Crippen molar-refractivity contribution in [3.05, 3.63) is 111 Å². The fourth-order valence-electron chi connectivity index (χ4n) is 3.72. The van der Waals surface area contributed by atoms with Crippen LogP contribution in [0.15, 0.2) is 100 Å². The first kappa shape index (κ1) is 20.0. The molecule has 5 rings (SSSR count). The lowest BCUT2D eigenvalue weighted by molar-refractivity contribution is 0.630. The molecule has 32 heavy (non-hydrogen) atoms. The molecule has 7 heteroatoms. The Morgan fingerprint density at radius 3 is 2.28 bits per heavy atom. The van der Waals surface area contributed by atoms with E-state index in [0.717, 1.165) is 28.5 Å². The Hall–Kier alpha value is -3.97. The van der Waals surface area contributed by atoms with Gasteiger partial charge in [0.15, 0.2) is 4.80 Å². The van der Waals surface area contributed by atoms with Gasteiger partial charge in [0.05, 0.1) is 28.5 Å². The monoisotopic (exact) mass is 439 g/mol. The van der Waals surface area contributed by atoms with E-state index in [4.69, 9.17) is 4.99 Å². The standard InChI is InChI=1S/C25H21N5OS/c1-18-23(24(31)30(28(18)2)20-13-7-4-8-14-20)29-22(21-15-9-10-16-26-21)17-32-25(29)27-19-11-5-3-6-12-19/h3-17H,1-2H3. The first-order valence-electron chi connectivity index (χ1n) is 10.2. The first-order valence-corrected chi connectivity index (χ1v) is 11.1. The number of hydrogen-bond acceptors (Lipinski definition) is 4. The third kappa shape index (κ3) is 3.42. The third-order valence-corrected chi connectivity index (χ3v) is 6.19. The van der Waals surface area contributed by atoms with Crippen molar-refractivity contribution in [2.24, 2.45) is 12.0 Å². The topological polar surface area (TPSA) is 57.1 Å². The van der Waals surface area contributed by atoms with Crippen molar-refractivity contribution in [2.75, 3.05) is 0 Å². The molecule has 3 aromatic heterocycles. The second-order valence-electron chi connectivity index (χ2n) is 7.31. The number of aromatic nitrogens is 4. The normalized spacial score (nSPS) is 11.8. The van der Waals surface area contributed by atoms with Crippen LogP contribution >= 0.6 is 11.3 Å². The quantitative estimate of drug-likeness (QED) is 0.410. The van der Waals surface area contributed by atoms with Gasteiger partial charge in [-0.1, -0.05) is 42.5 Å². The zero-order chi connectivity index (χ0) is 22.1. The molecule has 0 radical (unpaired) electrons. The number of benzene rings is 2. The third-order valence-electron chi connectivity index (χ3n) is 5.36. The molecule has 0 spiro atoms. The number of hydrogen-bond donors (Lipinski definition) is 0. The smallest absolute Gasteiger partial charge is 0.283 e. The van der Waals surface area contributed by atoms with E-state index in [9.17, 15) is 4.79 Å². The molecule has 0 aliphatic heterocycles. The van der Waals surface area contributed by atoms with Crippen LogP contribution in [0.4, 0.5) is 5.69 Å². The second kappa shape index (κ2) is 8.28. The highest BCUT2D eigenvalue weighted by molar-refractivity contribution is 7.07. The van der Waals surface area contributed by atoms with Crippen LogP contribution in [-0.2, 0) is 7.05 Å². The highest BCUT2D eigenvalue weighted by Gasteiger charge is 2.22. The maximum Gasteiger partial charge on any atom is 0.296 e. The van der Waals surface area contributed by atoms with Gasteiger partial charge in [0.2, 0.25) is 0 Å². The van der Waals surface area contributed by atoms with Crippen molar-refractivity contribution < 1.29 is 0 Å². The molecule has 0 bridgehead atoms. The zero-order valence-electron chi connectivity index (χ0n) is 17.7. The molecule has 0 saturated heterocycles. The highest BCUT2D eigenvalue weighted by Crippen LogP contribution is 2.23. The summed E-state index contributed by atoms with van der Waals surface area (Å²) >= 11 is 1.49. The molecular formula is C25H21N5OS. The van der Waals surface area contributed by atoms with Crippen molar-refractivity contribution in [3.63, 3.8) is 0 Å². The summed E-state index contributed by atoms with van der Waals surface area (Å²) in [5.41, 5.74) is 4.54. The Morgan fingerprint density at radius 1 is 0.906 bits per heavy atom. The van der Waals surface area contributed by atoms with Gasteiger partial charge in [-0.25, -0.2) is 9.67 Å². The molecule has 0 amide bonds. The van der Waals surface area contributed by atoms with Crippen molar-refractivity contribution >= 4 is 17.0 Å². The number of thiazole rings is 1. The molecule has 0 atom stereocenters. The fourth-order valence-corrected chi connectivity index (χ4v) is 4.62. The molecule has 5 aromatic rings. The van der Waals surface area contributed by atoms with Crippen LogP contribution in [0, 0.1) is 6.92 Å². The van der Waals surface area contributed by atoms with Crippen molar-refractivity contribution in [2.45, 2.75) is 6.92 Å². The molecule has 0 fully saturated rings. The van der Waals surface area contributed by atoms with Crippen molar-refractivity contribution in [3.8, 4) is 22.8 Å². The van der Waals surface area contributed by atoms with Gasteiger partial charge in [0, 0.05) is 18.6 Å². The second-order valence-corrected chi connectivity index (χ2v) is 8.15. The summed E-state index contributed by atoms with van der Waals surface area (Å²) in [6, 6.07) is 25.2. The van der Waals surface area contributed by atoms with Crippen LogP contribution in [-0.4, -0.2) is 18.9 Å². The minimum Gasteiger partial charge on any atom is -0.283 e. The van der Waals surface area contributed by atoms with Gasteiger partial charge in [0.1, 0.15) is 5.69 Å². The average Bonchev–Trinajstić information content (AvgIpc) is 3.33. The SMILES string of the molecule is Cc1c(-n2c(-c3ccccn3)csc2=Nc2ccccc2)c(=O)n(-c2ccccc2)n1C. The van der Waals surface area contributed by atoms with E-state index < -0.39 is 0 Å². The fraction of sp³-hybridized carbons (Fsp3) is 0.0800. The molecule has 6 nitrogen and oxygen atoms in total. The van der Waals surface area contributed by atoms with Gasteiger partial charge in [-0.2, -0.15) is 0 Å².